The lowest BCUT2D eigenvalue weighted by atomic mass is 9.47. The van der Waals surface area contributed by atoms with Gasteiger partial charge in [-0.05, 0) is 73.3 Å². The number of hydrogen-bond donors (Lipinski definition) is 2. The molecule has 4 saturated carbocycles. The van der Waals surface area contributed by atoms with E-state index in [4.69, 9.17) is 5.84 Å². The zero-order valence-corrected chi connectivity index (χ0v) is 11.4. The molecule has 4 fully saturated rings. The Morgan fingerprint density at radius 3 is 2.26 bits per heavy atom. The maximum absolute atomic E-state index is 5.95. The van der Waals surface area contributed by atoms with Gasteiger partial charge in [0.1, 0.15) is 0 Å². The predicted molar refractivity (Wildman–Crippen MR) is 74.9 cm³/mol. The fraction of sp³-hybridized carbons (Fsp3) is 0.688. The molecule has 19 heavy (non-hydrogen) atoms. The standard InChI is InChI=1S/C16H23N3/c17-19-15(14-2-1-3-18-10-14)16-7-11-4-12(8-16)6-13(5-11)9-16/h1-3,10-13,15,19H,4-9,17H2. The number of hydrazine groups is 1. The van der Waals surface area contributed by atoms with Crippen LogP contribution >= 0.6 is 0 Å². The van der Waals surface area contributed by atoms with Gasteiger partial charge in [0.25, 0.3) is 0 Å². The van der Waals surface area contributed by atoms with Crippen molar-refractivity contribution < 1.29 is 0 Å². The van der Waals surface area contributed by atoms with E-state index in [1.165, 1.54) is 44.1 Å². The van der Waals surface area contributed by atoms with Gasteiger partial charge in [0.15, 0.2) is 0 Å². The predicted octanol–water partition coefficient (Wildman–Crippen LogP) is 2.80. The van der Waals surface area contributed by atoms with E-state index in [-0.39, 0.29) is 6.04 Å². The van der Waals surface area contributed by atoms with Crippen molar-refractivity contribution in [2.45, 2.75) is 44.6 Å². The van der Waals surface area contributed by atoms with Gasteiger partial charge in [-0.2, -0.15) is 0 Å². The number of pyridine rings is 1. The van der Waals surface area contributed by atoms with E-state index >= 15 is 0 Å². The molecule has 1 aromatic heterocycles. The molecule has 0 saturated heterocycles. The Hall–Kier alpha value is -0.930. The van der Waals surface area contributed by atoms with Crippen molar-refractivity contribution in [1.29, 1.82) is 0 Å². The summed E-state index contributed by atoms with van der Waals surface area (Å²) in [6, 6.07) is 4.49. The van der Waals surface area contributed by atoms with Crippen LogP contribution < -0.4 is 11.3 Å². The van der Waals surface area contributed by atoms with Crippen molar-refractivity contribution in [3.8, 4) is 0 Å². The highest BCUT2D eigenvalue weighted by Gasteiger charge is 2.54. The highest BCUT2D eigenvalue weighted by Crippen LogP contribution is 2.63. The molecular formula is C16H23N3. The van der Waals surface area contributed by atoms with Gasteiger partial charge in [0, 0.05) is 12.4 Å². The summed E-state index contributed by atoms with van der Waals surface area (Å²) < 4.78 is 0. The molecule has 0 aromatic carbocycles. The zero-order chi connectivity index (χ0) is 12.9. The average molecular weight is 257 g/mol. The third-order valence-corrected chi connectivity index (χ3v) is 5.88. The monoisotopic (exact) mass is 257 g/mol. The van der Waals surface area contributed by atoms with Gasteiger partial charge in [-0.25, -0.2) is 0 Å². The van der Waals surface area contributed by atoms with Gasteiger partial charge in [0.2, 0.25) is 0 Å². The van der Waals surface area contributed by atoms with Crippen molar-refractivity contribution in [3.05, 3.63) is 30.1 Å². The van der Waals surface area contributed by atoms with E-state index in [1.54, 1.807) is 0 Å². The molecule has 0 spiro atoms. The fourth-order valence-electron chi connectivity index (χ4n) is 5.70. The largest absolute Gasteiger partial charge is 0.271 e. The minimum atomic E-state index is 0.287. The van der Waals surface area contributed by atoms with Crippen LogP contribution in [0, 0.1) is 23.2 Å². The van der Waals surface area contributed by atoms with Crippen LogP contribution in [0.25, 0.3) is 0 Å². The topological polar surface area (TPSA) is 50.9 Å². The van der Waals surface area contributed by atoms with Gasteiger partial charge in [-0.15, -0.1) is 0 Å². The third kappa shape index (κ3) is 1.83. The van der Waals surface area contributed by atoms with E-state index in [0.717, 1.165) is 17.8 Å². The molecule has 102 valence electrons. The molecule has 1 atom stereocenters. The lowest BCUT2D eigenvalue weighted by Gasteiger charge is -2.59. The highest BCUT2D eigenvalue weighted by molar-refractivity contribution is 5.20. The van der Waals surface area contributed by atoms with Gasteiger partial charge in [0.05, 0.1) is 6.04 Å². The Labute approximate surface area is 115 Å². The molecule has 1 unspecified atom stereocenters. The van der Waals surface area contributed by atoms with Crippen LogP contribution in [-0.2, 0) is 0 Å². The van der Waals surface area contributed by atoms with E-state index in [9.17, 15) is 0 Å². The van der Waals surface area contributed by atoms with Crippen LogP contribution in [0.15, 0.2) is 24.5 Å². The number of aromatic nitrogens is 1. The first-order chi connectivity index (χ1) is 9.29. The van der Waals surface area contributed by atoms with Crippen molar-refractivity contribution in [3.63, 3.8) is 0 Å². The van der Waals surface area contributed by atoms with Crippen molar-refractivity contribution in [2.75, 3.05) is 0 Å². The summed E-state index contributed by atoms with van der Waals surface area (Å²) in [4.78, 5) is 4.29. The molecule has 3 heteroatoms. The average Bonchev–Trinajstić information content (AvgIpc) is 2.38. The molecule has 3 N–H and O–H groups in total. The molecule has 4 bridgehead atoms. The number of nitrogens with zero attached hydrogens (tertiary/aromatic N) is 1. The van der Waals surface area contributed by atoms with Crippen molar-refractivity contribution in [2.24, 2.45) is 29.0 Å². The third-order valence-electron chi connectivity index (χ3n) is 5.88. The van der Waals surface area contributed by atoms with Crippen molar-refractivity contribution in [1.82, 2.24) is 10.4 Å². The summed E-state index contributed by atoms with van der Waals surface area (Å²) in [6.45, 7) is 0. The lowest BCUT2D eigenvalue weighted by Crippen LogP contribution is -2.53. The van der Waals surface area contributed by atoms with Crippen molar-refractivity contribution >= 4 is 0 Å². The smallest absolute Gasteiger partial charge is 0.0531 e. The molecule has 4 aliphatic rings. The minimum Gasteiger partial charge on any atom is -0.271 e. The Bertz CT molecular complexity index is 421. The Morgan fingerprint density at radius 1 is 1.16 bits per heavy atom. The summed E-state index contributed by atoms with van der Waals surface area (Å²) in [5.74, 6) is 8.82. The van der Waals surface area contributed by atoms with Crippen LogP contribution in [0.5, 0.6) is 0 Å². The van der Waals surface area contributed by atoms with Gasteiger partial charge < -0.3 is 0 Å². The summed E-state index contributed by atoms with van der Waals surface area (Å²) in [7, 11) is 0. The Kier molecular flexibility index (Phi) is 2.68. The molecule has 5 rings (SSSR count). The van der Waals surface area contributed by atoms with Crippen LogP contribution in [0.4, 0.5) is 0 Å². The normalized spacial score (nSPS) is 41.4. The molecule has 0 radical (unpaired) electrons. The maximum Gasteiger partial charge on any atom is 0.0531 e. The van der Waals surface area contributed by atoms with Gasteiger partial charge >= 0.3 is 0 Å². The quantitative estimate of drug-likeness (QED) is 0.646. The fourth-order valence-corrected chi connectivity index (χ4v) is 5.70. The zero-order valence-electron chi connectivity index (χ0n) is 11.4. The van der Waals surface area contributed by atoms with Crippen LogP contribution in [0.2, 0.25) is 0 Å². The molecule has 4 aliphatic carbocycles. The second kappa shape index (κ2) is 4.29. The second-order valence-electron chi connectivity index (χ2n) is 7.17. The summed E-state index contributed by atoms with van der Waals surface area (Å²) in [5.41, 5.74) is 4.80. The highest BCUT2D eigenvalue weighted by atomic mass is 15.2. The first-order valence-corrected chi connectivity index (χ1v) is 7.65. The van der Waals surface area contributed by atoms with E-state index < -0.39 is 0 Å². The Balaban J connectivity index is 1.70. The Morgan fingerprint density at radius 2 is 1.79 bits per heavy atom. The molecule has 3 nitrogen and oxygen atoms in total. The molecule has 0 amide bonds. The van der Waals surface area contributed by atoms with Crippen LogP contribution in [-0.4, -0.2) is 4.98 Å². The SMILES string of the molecule is NNC(c1cccnc1)C12CC3CC(CC(C3)C1)C2. The number of rotatable bonds is 3. The lowest BCUT2D eigenvalue weighted by molar-refractivity contribution is -0.0749. The van der Waals surface area contributed by atoms with Gasteiger partial charge in [-0.3, -0.25) is 16.3 Å². The van der Waals surface area contributed by atoms with Crippen LogP contribution in [0.1, 0.15) is 50.1 Å². The summed E-state index contributed by atoms with van der Waals surface area (Å²) in [5, 5.41) is 0. The maximum atomic E-state index is 5.95. The summed E-state index contributed by atoms with van der Waals surface area (Å²) >= 11 is 0. The first-order valence-electron chi connectivity index (χ1n) is 7.65. The number of hydrogen-bond acceptors (Lipinski definition) is 3. The summed E-state index contributed by atoms with van der Waals surface area (Å²) in [6.07, 6.45) is 12.4. The minimum absolute atomic E-state index is 0.287. The van der Waals surface area contributed by atoms with Crippen LogP contribution in [0.3, 0.4) is 0 Å². The van der Waals surface area contributed by atoms with E-state index in [1.807, 2.05) is 18.5 Å². The molecule has 1 aromatic rings. The number of nitrogens with one attached hydrogen (secondary N) is 1. The van der Waals surface area contributed by atoms with Gasteiger partial charge in [-0.1, -0.05) is 6.07 Å². The molecule has 0 aliphatic heterocycles. The van der Waals surface area contributed by atoms with E-state index in [2.05, 4.69) is 16.5 Å². The van der Waals surface area contributed by atoms with E-state index in [0.29, 0.717) is 5.41 Å². The molecular weight excluding hydrogens is 234 g/mol. The number of nitrogens with two attached hydrogens (primary N) is 1. The second-order valence-corrected chi connectivity index (χ2v) is 7.17. The molecule has 1 heterocycles. The first kappa shape index (κ1) is 11.9.